The van der Waals surface area contributed by atoms with Gasteiger partial charge in [-0.05, 0) is 54.9 Å². The van der Waals surface area contributed by atoms with Gasteiger partial charge in [0.2, 0.25) is 0 Å². The second kappa shape index (κ2) is 7.77. The van der Waals surface area contributed by atoms with Crippen molar-refractivity contribution in [1.82, 2.24) is 10.9 Å². The molecule has 0 spiro atoms. The number of thiocarbonyl (C=S) groups is 1. The highest BCUT2D eigenvalue weighted by Gasteiger charge is 2.07. The molecule has 0 heterocycles. The molecular formula is C15H14FN3OS2. The van der Waals surface area contributed by atoms with Gasteiger partial charge in [0.25, 0.3) is 5.91 Å². The molecule has 7 heteroatoms. The van der Waals surface area contributed by atoms with Crippen molar-refractivity contribution in [1.29, 1.82) is 0 Å². The number of thioether (sulfide) groups is 1. The van der Waals surface area contributed by atoms with Gasteiger partial charge >= 0.3 is 0 Å². The zero-order valence-corrected chi connectivity index (χ0v) is 13.4. The maximum absolute atomic E-state index is 13.4. The van der Waals surface area contributed by atoms with Crippen LogP contribution in [-0.2, 0) is 0 Å². The van der Waals surface area contributed by atoms with E-state index in [-0.39, 0.29) is 16.7 Å². The molecule has 0 aromatic heterocycles. The average Bonchev–Trinajstić information content (AvgIpc) is 2.55. The first-order chi connectivity index (χ1) is 10.6. The van der Waals surface area contributed by atoms with Gasteiger partial charge in [0.1, 0.15) is 5.82 Å². The fourth-order valence-electron chi connectivity index (χ4n) is 1.64. The van der Waals surface area contributed by atoms with Crippen molar-refractivity contribution >= 4 is 40.7 Å². The molecule has 0 radical (unpaired) electrons. The SMILES string of the molecule is CSc1ccc(C(=O)NNC(=S)Nc2ccccc2F)cc1. The largest absolute Gasteiger partial charge is 0.329 e. The molecule has 3 N–H and O–H groups in total. The lowest BCUT2D eigenvalue weighted by Crippen LogP contribution is -2.43. The van der Waals surface area contributed by atoms with E-state index in [4.69, 9.17) is 12.2 Å². The number of para-hydroxylation sites is 1. The fourth-order valence-corrected chi connectivity index (χ4v) is 2.21. The molecule has 0 bridgehead atoms. The van der Waals surface area contributed by atoms with Crippen LogP contribution in [0.1, 0.15) is 10.4 Å². The molecule has 114 valence electrons. The molecule has 0 saturated carbocycles. The Morgan fingerprint density at radius 3 is 2.41 bits per heavy atom. The van der Waals surface area contributed by atoms with E-state index in [1.54, 1.807) is 42.1 Å². The van der Waals surface area contributed by atoms with Crippen LogP contribution in [0.2, 0.25) is 0 Å². The lowest BCUT2D eigenvalue weighted by atomic mass is 10.2. The van der Waals surface area contributed by atoms with Gasteiger partial charge in [0.05, 0.1) is 5.69 Å². The molecule has 1 amide bonds. The number of benzene rings is 2. The molecule has 0 fully saturated rings. The van der Waals surface area contributed by atoms with Gasteiger partial charge in [-0.25, -0.2) is 4.39 Å². The predicted molar refractivity (Wildman–Crippen MR) is 91.4 cm³/mol. The monoisotopic (exact) mass is 335 g/mol. The Morgan fingerprint density at radius 2 is 1.77 bits per heavy atom. The number of hydrogen-bond acceptors (Lipinski definition) is 3. The van der Waals surface area contributed by atoms with Crippen LogP contribution in [0.15, 0.2) is 53.4 Å². The fraction of sp³-hybridized carbons (Fsp3) is 0.0667. The molecule has 0 atom stereocenters. The van der Waals surface area contributed by atoms with Crippen molar-refractivity contribution in [3.8, 4) is 0 Å². The molecule has 2 rings (SSSR count). The Balaban J connectivity index is 1.87. The van der Waals surface area contributed by atoms with Crippen LogP contribution in [-0.4, -0.2) is 17.3 Å². The number of amides is 1. The summed E-state index contributed by atoms with van der Waals surface area (Å²) in [5.41, 5.74) is 5.72. The van der Waals surface area contributed by atoms with E-state index < -0.39 is 5.82 Å². The van der Waals surface area contributed by atoms with Gasteiger partial charge in [0, 0.05) is 10.5 Å². The number of halogens is 1. The molecule has 0 aliphatic rings. The van der Waals surface area contributed by atoms with E-state index >= 15 is 0 Å². The third-order valence-corrected chi connectivity index (χ3v) is 3.71. The second-order valence-corrected chi connectivity index (χ2v) is 5.53. The Bertz CT molecular complexity index is 677. The van der Waals surface area contributed by atoms with Crippen LogP contribution in [0, 0.1) is 5.82 Å². The highest BCUT2D eigenvalue weighted by atomic mass is 32.2. The van der Waals surface area contributed by atoms with Crippen molar-refractivity contribution in [2.24, 2.45) is 0 Å². The smallest absolute Gasteiger partial charge is 0.269 e. The van der Waals surface area contributed by atoms with E-state index in [2.05, 4.69) is 16.2 Å². The Morgan fingerprint density at radius 1 is 1.09 bits per heavy atom. The first-order valence-corrected chi connectivity index (χ1v) is 7.99. The number of nitrogens with one attached hydrogen (secondary N) is 3. The van der Waals surface area contributed by atoms with Crippen LogP contribution in [0.3, 0.4) is 0 Å². The standard InChI is InChI=1S/C15H14FN3OS2/c1-22-11-8-6-10(7-9-11)14(20)18-19-15(21)17-13-5-3-2-4-12(13)16/h2-9H,1H3,(H,18,20)(H2,17,19,21). The number of hydrogen-bond donors (Lipinski definition) is 3. The summed E-state index contributed by atoms with van der Waals surface area (Å²) in [4.78, 5) is 13.0. The number of rotatable bonds is 3. The summed E-state index contributed by atoms with van der Waals surface area (Å²) in [6.45, 7) is 0. The van der Waals surface area contributed by atoms with Crippen LogP contribution >= 0.6 is 24.0 Å². The predicted octanol–water partition coefficient (Wildman–Crippen LogP) is 3.18. The van der Waals surface area contributed by atoms with Crippen molar-refractivity contribution in [3.63, 3.8) is 0 Å². The quantitative estimate of drug-likeness (QED) is 0.457. The normalized spacial score (nSPS) is 9.91. The van der Waals surface area contributed by atoms with E-state index in [0.29, 0.717) is 5.56 Å². The Labute approximate surface area is 137 Å². The first kappa shape index (κ1) is 16.3. The minimum Gasteiger partial charge on any atom is -0.329 e. The minimum atomic E-state index is -0.425. The summed E-state index contributed by atoms with van der Waals surface area (Å²) in [5.74, 6) is -0.754. The van der Waals surface area contributed by atoms with Crippen LogP contribution in [0.5, 0.6) is 0 Å². The number of hydrazine groups is 1. The zero-order chi connectivity index (χ0) is 15.9. The minimum absolute atomic E-state index is 0.0965. The van der Waals surface area contributed by atoms with E-state index in [1.807, 2.05) is 18.4 Å². The maximum Gasteiger partial charge on any atom is 0.269 e. The van der Waals surface area contributed by atoms with Crippen molar-refractivity contribution in [2.75, 3.05) is 11.6 Å². The molecule has 0 saturated heterocycles. The van der Waals surface area contributed by atoms with Crippen molar-refractivity contribution in [2.45, 2.75) is 4.90 Å². The summed E-state index contributed by atoms with van der Waals surface area (Å²) in [6.07, 6.45) is 1.96. The van der Waals surface area contributed by atoms with Crippen molar-refractivity contribution < 1.29 is 9.18 Å². The van der Waals surface area contributed by atoms with Crippen LogP contribution in [0.4, 0.5) is 10.1 Å². The third kappa shape index (κ3) is 4.44. The van der Waals surface area contributed by atoms with Gasteiger partial charge in [-0.1, -0.05) is 12.1 Å². The Hall–Kier alpha value is -2.12. The molecule has 22 heavy (non-hydrogen) atoms. The van der Waals surface area contributed by atoms with Gasteiger partial charge < -0.3 is 5.32 Å². The van der Waals surface area contributed by atoms with Gasteiger partial charge in [-0.2, -0.15) is 0 Å². The molecule has 2 aromatic carbocycles. The Kier molecular flexibility index (Phi) is 5.74. The molecule has 0 unspecified atom stereocenters. The molecule has 0 aliphatic carbocycles. The average molecular weight is 335 g/mol. The van der Waals surface area contributed by atoms with E-state index in [9.17, 15) is 9.18 Å². The van der Waals surface area contributed by atoms with Gasteiger partial charge in [-0.3, -0.25) is 15.6 Å². The molecule has 2 aromatic rings. The van der Waals surface area contributed by atoms with Gasteiger partial charge in [0.15, 0.2) is 5.11 Å². The number of anilines is 1. The highest BCUT2D eigenvalue weighted by molar-refractivity contribution is 7.98. The van der Waals surface area contributed by atoms with E-state index in [1.165, 1.54) is 6.07 Å². The summed E-state index contributed by atoms with van der Waals surface area (Å²) >= 11 is 6.59. The van der Waals surface area contributed by atoms with Crippen LogP contribution in [0.25, 0.3) is 0 Å². The van der Waals surface area contributed by atoms with Gasteiger partial charge in [-0.15, -0.1) is 11.8 Å². The molecular weight excluding hydrogens is 321 g/mol. The zero-order valence-electron chi connectivity index (χ0n) is 11.7. The lowest BCUT2D eigenvalue weighted by molar-refractivity contribution is 0.0944. The molecule has 4 nitrogen and oxygen atoms in total. The topological polar surface area (TPSA) is 53.2 Å². The van der Waals surface area contributed by atoms with E-state index in [0.717, 1.165) is 4.90 Å². The second-order valence-electron chi connectivity index (χ2n) is 4.24. The van der Waals surface area contributed by atoms with Crippen molar-refractivity contribution in [3.05, 3.63) is 59.9 Å². The first-order valence-electron chi connectivity index (χ1n) is 6.36. The lowest BCUT2D eigenvalue weighted by Gasteiger charge is -2.12. The van der Waals surface area contributed by atoms with Crippen LogP contribution < -0.4 is 16.2 Å². The maximum atomic E-state index is 13.4. The summed E-state index contributed by atoms with van der Waals surface area (Å²) < 4.78 is 13.4. The number of carbonyl (C=O) groups is 1. The summed E-state index contributed by atoms with van der Waals surface area (Å²) in [5, 5.41) is 2.76. The highest BCUT2D eigenvalue weighted by Crippen LogP contribution is 2.14. The molecule has 0 aliphatic heterocycles. The summed E-state index contributed by atoms with van der Waals surface area (Å²) in [6, 6.07) is 13.3. The third-order valence-electron chi connectivity index (χ3n) is 2.76. The number of carbonyl (C=O) groups excluding carboxylic acids is 1. The summed E-state index contributed by atoms with van der Waals surface area (Å²) in [7, 11) is 0.